The van der Waals surface area contributed by atoms with Crippen molar-refractivity contribution in [3.05, 3.63) is 30.3 Å². The van der Waals surface area contributed by atoms with Crippen LogP contribution in [0.2, 0.25) is 0 Å². The molecule has 1 atom stereocenters. The van der Waals surface area contributed by atoms with Crippen LogP contribution in [0, 0.1) is 0 Å². The zero-order valence-electron chi connectivity index (χ0n) is 10.5. The summed E-state index contributed by atoms with van der Waals surface area (Å²) >= 11 is 0. The van der Waals surface area contributed by atoms with E-state index in [4.69, 9.17) is 15.2 Å². The Bertz CT molecular complexity index is 362. The number of carbonyl (C=O) groups is 1. The second kappa shape index (κ2) is 5.80. The van der Waals surface area contributed by atoms with Crippen LogP contribution >= 0.6 is 0 Å². The number of hydrogen-bond donors (Lipinski definition) is 1. The first-order valence-corrected chi connectivity index (χ1v) is 5.52. The zero-order valence-corrected chi connectivity index (χ0v) is 10.5. The quantitative estimate of drug-likeness (QED) is 0.626. The maximum atomic E-state index is 11.7. The predicted molar refractivity (Wildman–Crippen MR) is 65.8 cm³/mol. The Kier molecular flexibility index (Phi) is 4.66. The highest BCUT2D eigenvalue weighted by atomic mass is 16.5. The smallest absolute Gasteiger partial charge is 0.328 e. The second-order valence-corrected chi connectivity index (χ2v) is 4.51. The summed E-state index contributed by atoms with van der Waals surface area (Å²) in [5, 5.41) is 0. The van der Waals surface area contributed by atoms with E-state index in [2.05, 4.69) is 0 Å². The molecule has 0 aliphatic rings. The highest BCUT2D eigenvalue weighted by Gasteiger charge is 2.26. The minimum absolute atomic E-state index is 0.412. The van der Waals surface area contributed by atoms with Crippen LogP contribution in [0.15, 0.2) is 30.3 Å². The van der Waals surface area contributed by atoms with E-state index in [0.29, 0.717) is 12.2 Å². The summed E-state index contributed by atoms with van der Waals surface area (Å²) in [7, 11) is 1.59. The summed E-state index contributed by atoms with van der Waals surface area (Å²) in [5.74, 6) is 0.0597. The maximum Gasteiger partial charge on any atom is 0.328 e. The molecule has 4 heteroatoms. The molecule has 0 spiro atoms. The van der Waals surface area contributed by atoms with Crippen molar-refractivity contribution in [2.75, 3.05) is 7.11 Å². The van der Waals surface area contributed by atoms with Gasteiger partial charge < -0.3 is 15.2 Å². The fourth-order valence-electron chi connectivity index (χ4n) is 1.38. The van der Waals surface area contributed by atoms with Crippen LogP contribution in [0.25, 0.3) is 0 Å². The molecule has 0 bridgehead atoms. The summed E-state index contributed by atoms with van der Waals surface area (Å²) in [6.07, 6.45) is 0.412. The van der Waals surface area contributed by atoms with Crippen molar-refractivity contribution in [3.63, 3.8) is 0 Å². The van der Waals surface area contributed by atoms with Crippen molar-refractivity contribution in [2.24, 2.45) is 5.73 Å². The van der Waals surface area contributed by atoms with Crippen molar-refractivity contribution in [2.45, 2.75) is 31.9 Å². The van der Waals surface area contributed by atoms with Crippen molar-refractivity contribution < 1.29 is 14.3 Å². The van der Waals surface area contributed by atoms with Gasteiger partial charge in [-0.1, -0.05) is 18.2 Å². The van der Waals surface area contributed by atoms with Gasteiger partial charge in [-0.2, -0.15) is 0 Å². The van der Waals surface area contributed by atoms with Crippen LogP contribution in [0.1, 0.15) is 20.3 Å². The summed E-state index contributed by atoms with van der Waals surface area (Å²) in [5.41, 5.74) is 5.34. The molecule has 94 valence electrons. The molecule has 2 N–H and O–H groups in total. The normalized spacial score (nSPS) is 13.2. The first-order chi connectivity index (χ1) is 7.94. The molecule has 0 saturated heterocycles. The van der Waals surface area contributed by atoms with Crippen LogP contribution < -0.4 is 10.5 Å². The Morgan fingerprint density at radius 1 is 1.35 bits per heavy atom. The third-order valence-electron chi connectivity index (χ3n) is 2.53. The number of para-hydroxylation sites is 1. The van der Waals surface area contributed by atoms with Crippen molar-refractivity contribution >= 4 is 5.97 Å². The predicted octanol–water partition coefficient (Wildman–Crippen LogP) is 1.73. The fourth-order valence-corrected chi connectivity index (χ4v) is 1.38. The van der Waals surface area contributed by atoms with Gasteiger partial charge in [0, 0.05) is 13.5 Å². The van der Waals surface area contributed by atoms with Crippen LogP contribution in [-0.2, 0) is 9.53 Å². The van der Waals surface area contributed by atoms with E-state index in [9.17, 15) is 4.79 Å². The van der Waals surface area contributed by atoms with E-state index >= 15 is 0 Å². The van der Waals surface area contributed by atoms with Crippen LogP contribution in [-0.4, -0.2) is 24.7 Å². The van der Waals surface area contributed by atoms with Crippen LogP contribution in [0.4, 0.5) is 0 Å². The van der Waals surface area contributed by atoms with E-state index in [1.807, 2.05) is 19.9 Å². The lowest BCUT2D eigenvalue weighted by Gasteiger charge is -2.25. The minimum Gasteiger partial charge on any atom is -0.425 e. The van der Waals surface area contributed by atoms with Gasteiger partial charge in [-0.05, 0) is 26.0 Å². The van der Waals surface area contributed by atoms with Crippen molar-refractivity contribution in [3.8, 4) is 5.75 Å². The lowest BCUT2D eigenvalue weighted by molar-refractivity contribution is -0.137. The van der Waals surface area contributed by atoms with Gasteiger partial charge in [0.1, 0.15) is 11.8 Å². The van der Waals surface area contributed by atoms with Gasteiger partial charge >= 0.3 is 5.97 Å². The molecule has 0 aliphatic carbocycles. The van der Waals surface area contributed by atoms with E-state index in [1.165, 1.54) is 0 Å². The second-order valence-electron chi connectivity index (χ2n) is 4.51. The molecule has 1 aromatic rings. The van der Waals surface area contributed by atoms with Gasteiger partial charge in [-0.25, -0.2) is 4.79 Å². The minimum atomic E-state index is -0.690. The van der Waals surface area contributed by atoms with Gasteiger partial charge in [0.2, 0.25) is 0 Å². The number of benzene rings is 1. The number of esters is 1. The van der Waals surface area contributed by atoms with Gasteiger partial charge in [-0.15, -0.1) is 0 Å². The highest BCUT2D eigenvalue weighted by molar-refractivity contribution is 5.78. The molecule has 0 aromatic heterocycles. The highest BCUT2D eigenvalue weighted by Crippen LogP contribution is 2.16. The first kappa shape index (κ1) is 13.7. The van der Waals surface area contributed by atoms with E-state index < -0.39 is 17.6 Å². The van der Waals surface area contributed by atoms with Gasteiger partial charge in [0.05, 0.1) is 5.60 Å². The summed E-state index contributed by atoms with van der Waals surface area (Å²) < 4.78 is 10.4. The third-order valence-corrected chi connectivity index (χ3v) is 2.53. The van der Waals surface area contributed by atoms with E-state index in [1.54, 1.807) is 31.4 Å². The molecule has 1 unspecified atom stereocenters. The Balaban J connectivity index is 2.54. The molecule has 4 nitrogen and oxygen atoms in total. The van der Waals surface area contributed by atoms with E-state index in [-0.39, 0.29) is 0 Å². The van der Waals surface area contributed by atoms with Gasteiger partial charge in [-0.3, -0.25) is 0 Å². The monoisotopic (exact) mass is 237 g/mol. The Labute approximate surface area is 102 Å². The molecule has 0 amide bonds. The molecule has 1 aromatic carbocycles. The van der Waals surface area contributed by atoms with Gasteiger partial charge in [0.25, 0.3) is 0 Å². The van der Waals surface area contributed by atoms with Crippen molar-refractivity contribution in [1.82, 2.24) is 0 Å². The van der Waals surface area contributed by atoms with Gasteiger partial charge in [0.15, 0.2) is 0 Å². The Morgan fingerprint density at radius 2 is 1.94 bits per heavy atom. The molecule has 0 heterocycles. The average Bonchev–Trinajstić information content (AvgIpc) is 2.30. The Morgan fingerprint density at radius 3 is 2.47 bits per heavy atom. The SMILES string of the molecule is COC(C)(C)CC(N)C(=O)Oc1ccccc1. The molecule has 0 saturated carbocycles. The Hall–Kier alpha value is -1.39. The maximum absolute atomic E-state index is 11.7. The third kappa shape index (κ3) is 4.54. The largest absolute Gasteiger partial charge is 0.425 e. The molecule has 17 heavy (non-hydrogen) atoms. The van der Waals surface area contributed by atoms with Crippen LogP contribution in [0.5, 0.6) is 5.75 Å². The zero-order chi connectivity index (χ0) is 12.9. The number of ether oxygens (including phenoxy) is 2. The topological polar surface area (TPSA) is 61.5 Å². The first-order valence-electron chi connectivity index (χ1n) is 5.52. The number of methoxy groups -OCH3 is 1. The number of carbonyl (C=O) groups excluding carboxylic acids is 1. The fraction of sp³-hybridized carbons (Fsp3) is 0.462. The molecular formula is C13H19NO3. The standard InChI is InChI=1S/C13H19NO3/c1-13(2,16-3)9-11(14)12(15)17-10-7-5-4-6-8-10/h4-8,11H,9,14H2,1-3H3. The van der Waals surface area contributed by atoms with Crippen molar-refractivity contribution in [1.29, 1.82) is 0 Å². The summed E-state index contributed by atoms with van der Waals surface area (Å²) in [4.78, 5) is 11.7. The lowest BCUT2D eigenvalue weighted by Crippen LogP contribution is -2.41. The molecular weight excluding hydrogens is 218 g/mol. The number of rotatable bonds is 5. The molecule has 0 fully saturated rings. The molecule has 1 rings (SSSR count). The van der Waals surface area contributed by atoms with Crippen LogP contribution in [0.3, 0.4) is 0 Å². The van der Waals surface area contributed by atoms with E-state index in [0.717, 1.165) is 0 Å². The molecule has 0 radical (unpaired) electrons. The molecule has 0 aliphatic heterocycles. The summed E-state index contributed by atoms with van der Waals surface area (Å²) in [6, 6.07) is 8.19. The average molecular weight is 237 g/mol. The summed E-state index contributed by atoms with van der Waals surface area (Å²) in [6.45, 7) is 3.76. The number of nitrogens with two attached hydrogens (primary N) is 1. The lowest BCUT2D eigenvalue weighted by atomic mass is 9.99. The number of hydrogen-bond acceptors (Lipinski definition) is 4.